The molecule has 0 saturated heterocycles. The minimum absolute atomic E-state index is 0.00570. The number of amides is 1. The Morgan fingerprint density at radius 1 is 1.29 bits per heavy atom. The van der Waals surface area contributed by atoms with Gasteiger partial charge in [-0.3, -0.25) is 9.59 Å². The van der Waals surface area contributed by atoms with E-state index in [-0.39, 0.29) is 12.3 Å². The summed E-state index contributed by atoms with van der Waals surface area (Å²) in [6, 6.07) is 5.41. The molecule has 1 aromatic carbocycles. The number of aliphatic carboxylic acids is 1. The molecule has 1 aromatic rings. The molecule has 1 fully saturated rings. The van der Waals surface area contributed by atoms with Crippen LogP contribution >= 0.6 is 15.9 Å². The summed E-state index contributed by atoms with van der Waals surface area (Å²) in [5.41, 5.74) is 0.965. The molecule has 1 amide bonds. The molecule has 0 spiro atoms. The Bertz CT molecular complexity index is 550. The molecule has 1 aliphatic carbocycles. The first-order valence-electron chi connectivity index (χ1n) is 7.22. The largest absolute Gasteiger partial charge is 0.481 e. The van der Waals surface area contributed by atoms with Gasteiger partial charge in [0.1, 0.15) is 0 Å². The van der Waals surface area contributed by atoms with Crippen LogP contribution in [0, 0.1) is 6.92 Å². The fraction of sp³-hybridized carbons (Fsp3) is 0.500. The number of aryl methyl sites for hydroxylation is 1. The maximum atomic E-state index is 12.4. The SMILES string of the molecule is Cc1cc(C(=O)NC2(CC(=O)O)CCCCC2)ccc1Br. The Hall–Kier alpha value is -1.36. The maximum Gasteiger partial charge on any atom is 0.305 e. The van der Waals surface area contributed by atoms with Gasteiger partial charge in [0, 0.05) is 10.0 Å². The topological polar surface area (TPSA) is 66.4 Å². The van der Waals surface area contributed by atoms with Crippen LogP contribution in [0.5, 0.6) is 0 Å². The molecular formula is C16H20BrNO3. The van der Waals surface area contributed by atoms with Gasteiger partial charge in [0.2, 0.25) is 0 Å². The molecular weight excluding hydrogens is 334 g/mol. The highest BCUT2D eigenvalue weighted by Crippen LogP contribution is 2.31. The summed E-state index contributed by atoms with van der Waals surface area (Å²) in [6.45, 7) is 1.93. The summed E-state index contributed by atoms with van der Waals surface area (Å²) >= 11 is 3.41. The van der Waals surface area contributed by atoms with Gasteiger partial charge in [-0.05, 0) is 43.5 Å². The number of halogens is 1. The van der Waals surface area contributed by atoms with Crippen molar-refractivity contribution in [2.24, 2.45) is 0 Å². The van der Waals surface area contributed by atoms with Gasteiger partial charge >= 0.3 is 5.97 Å². The lowest BCUT2D eigenvalue weighted by Gasteiger charge is -2.37. The lowest BCUT2D eigenvalue weighted by Crippen LogP contribution is -2.51. The third-order valence-electron chi connectivity index (χ3n) is 4.10. The normalized spacial score (nSPS) is 17.2. The predicted octanol–water partition coefficient (Wildman–Crippen LogP) is 3.66. The van der Waals surface area contributed by atoms with Crippen LogP contribution in [0.2, 0.25) is 0 Å². The molecule has 1 aliphatic rings. The molecule has 0 aromatic heterocycles. The molecule has 0 atom stereocenters. The number of hydrogen-bond acceptors (Lipinski definition) is 2. The quantitative estimate of drug-likeness (QED) is 0.867. The molecule has 1 saturated carbocycles. The van der Waals surface area contributed by atoms with E-state index in [9.17, 15) is 9.59 Å². The second-order valence-electron chi connectivity index (χ2n) is 5.83. The molecule has 21 heavy (non-hydrogen) atoms. The van der Waals surface area contributed by atoms with Crippen molar-refractivity contribution >= 4 is 27.8 Å². The first-order valence-corrected chi connectivity index (χ1v) is 8.02. The lowest BCUT2D eigenvalue weighted by molar-refractivity contribution is -0.139. The minimum Gasteiger partial charge on any atom is -0.481 e. The van der Waals surface area contributed by atoms with E-state index < -0.39 is 11.5 Å². The molecule has 0 aliphatic heterocycles. The summed E-state index contributed by atoms with van der Waals surface area (Å²) in [6.07, 6.45) is 4.50. The van der Waals surface area contributed by atoms with E-state index in [4.69, 9.17) is 5.11 Å². The molecule has 0 unspecified atom stereocenters. The summed E-state index contributed by atoms with van der Waals surface area (Å²) in [7, 11) is 0. The number of carbonyl (C=O) groups excluding carboxylic acids is 1. The van der Waals surface area contributed by atoms with Crippen LogP contribution in [0.1, 0.15) is 54.4 Å². The summed E-state index contributed by atoms with van der Waals surface area (Å²) in [5, 5.41) is 12.1. The van der Waals surface area contributed by atoms with Gasteiger partial charge in [0.05, 0.1) is 12.0 Å². The van der Waals surface area contributed by atoms with Gasteiger partial charge in [-0.2, -0.15) is 0 Å². The zero-order chi connectivity index (χ0) is 15.5. The molecule has 0 heterocycles. The summed E-state index contributed by atoms with van der Waals surface area (Å²) in [4.78, 5) is 23.6. The molecule has 4 nitrogen and oxygen atoms in total. The van der Waals surface area contributed by atoms with Crippen LogP contribution in [0.15, 0.2) is 22.7 Å². The molecule has 0 bridgehead atoms. The fourth-order valence-corrected chi connectivity index (χ4v) is 3.21. The highest BCUT2D eigenvalue weighted by atomic mass is 79.9. The van der Waals surface area contributed by atoms with Crippen LogP contribution in [-0.4, -0.2) is 22.5 Å². The van der Waals surface area contributed by atoms with Gasteiger partial charge in [-0.25, -0.2) is 0 Å². The molecule has 2 rings (SSSR count). The fourth-order valence-electron chi connectivity index (χ4n) is 2.96. The number of benzene rings is 1. The first-order chi connectivity index (χ1) is 9.92. The lowest BCUT2D eigenvalue weighted by atomic mass is 9.79. The average molecular weight is 354 g/mol. The van der Waals surface area contributed by atoms with E-state index in [1.165, 1.54) is 0 Å². The van der Waals surface area contributed by atoms with Crippen molar-refractivity contribution in [3.63, 3.8) is 0 Å². The predicted molar refractivity (Wildman–Crippen MR) is 84.4 cm³/mol. The molecule has 0 radical (unpaired) electrons. The number of nitrogens with one attached hydrogen (secondary N) is 1. The number of hydrogen-bond donors (Lipinski definition) is 2. The first kappa shape index (κ1) is 16.0. The molecule has 114 valence electrons. The summed E-state index contributed by atoms with van der Waals surface area (Å²) < 4.78 is 0.956. The number of carboxylic acids is 1. The van der Waals surface area contributed by atoms with Gasteiger partial charge in [0.25, 0.3) is 5.91 Å². The van der Waals surface area contributed by atoms with Crippen molar-refractivity contribution in [1.29, 1.82) is 0 Å². The highest BCUT2D eigenvalue weighted by molar-refractivity contribution is 9.10. The second kappa shape index (κ2) is 6.60. The number of rotatable bonds is 4. The number of carboxylic acid groups (broad SMARTS) is 1. The molecule has 2 N–H and O–H groups in total. The minimum atomic E-state index is -0.857. The Kier molecular flexibility index (Phi) is 5.04. The monoisotopic (exact) mass is 353 g/mol. The number of carbonyl (C=O) groups is 2. The smallest absolute Gasteiger partial charge is 0.305 e. The third-order valence-corrected chi connectivity index (χ3v) is 4.99. The average Bonchev–Trinajstić information content (AvgIpc) is 2.41. The second-order valence-corrected chi connectivity index (χ2v) is 6.68. The van der Waals surface area contributed by atoms with E-state index in [0.29, 0.717) is 5.56 Å². The zero-order valence-corrected chi connectivity index (χ0v) is 13.7. The van der Waals surface area contributed by atoms with Gasteiger partial charge < -0.3 is 10.4 Å². The Balaban J connectivity index is 2.17. The van der Waals surface area contributed by atoms with E-state index in [0.717, 1.165) is 42.1 Å². The van der Waals surface area contributed by atoms with Crippen LogP contribution in [0.25, 0.3) is 0 Å². The van der Waals surface area contributed by atoms with E-state index >= 15 is 0 Å². The van der Waals surface area contributed by atoms with Crippen molar-refractivity contribution < 1.29 is 14.7 Å². The molecule has 5 heteroatoms. The zero-order valence-electron chi connectivity index (χ0n) is 12.1. The van der Waals surface area contributed by atoms with E-state index in [1.54, 1.807) is 6.07 Å². The van der Waals surface area contributed by atoms with Crippen molar-refractivity contribution in [3.8, 4) is 0 Å². The van der Waals surface area contributed by atoms with Crippen molar-refractivity contribution in [2.75, 3.05) is 0 Å². The maximum absolute atomic E-state index is 12.4. The van der Waals surface area contributed by atoms with Crippen LogP contribution in [0.3, 0.4) is 0 Å². The van der Waals surface area contributed by atoms with Crippen molar-refractivity contribution in [3.05, 3.63) is 33.8 Å². The Morgan fingerprint density at radius 3 is 2.52 bits per heavy atom. The van der Waals surface area contributed by atoms with Crippen LogP contribution < -0.4 is 5.32 Å². The van der Waals surface area contributed by atoms with E-state index in [2.05, 4.69) is 21.2 Å². The summed E-state index contributed by atoms with van der Waals surface area (Å²) in [5.74, 6) is -1.04. The van der Waals surface area contributed by atoms with Gasteiger partial charge in [-0.15, -0.1) is 0 Å². The van der Waals surface area contributed by atoms with Gasteiger partial charge in [0.15, 0.2) is 0 Å². The van der Waals surface area contributed by atoms with Crippen LogP contribution in [-0.2, 0) is 4.79 Å². The Morgan fingerprint density at radius 2 is 1.95 bits per heavy atom. The Labute approximate surface area is 133 Å². The van der Waals surface area contributed by atoms with Crippen molar-refractivity contribution in [1.82, 2.24) is 5.32 Å². The van der Waals surface area contributed by atoms with E-state index in [1.807, 2.05) is 19.1 Å². The third kappa shape index (κ3) is 4.06. The van der Waals surface area contributed by atoms with Crippen molar-refractivity contribution in [2.45, 2.75) is 51.0 Å². The van der Waals surface area contributed by atoms with Crippen LogP contribution in [0.4, 0.5) is 0 Å². The van der Waals surface area contributed by atoms with Gasteiger partial charge in [-0.1, -0.05) is 35.2 Å². The highest BCUT2D eigenvalue weighted by Gasteiger charge is 2.36. The standard InChI is InChI=1S/C16H20BrNO3/c1-11-9-12(5-6-13(11)17)15(21)18-16(10-14(19)20)7-3-2-4-8-16/h5-6,9H,2-4,7-8,10H2,1H3,(H,18,21)(H,19,20).